The van der Waals surface area contributed by atoms with Crippen molar-refractivity contribution in [3.63, 3.8) is 0 Å². The first-order valence-corrected chi connectivity index (χ1v) is 22.9. The second-order valence-electron chi connectivity index (χ2n) is 17.5. The van der Waals surface area contributed by atoms with Gasteiger partial charge in [0.1, 0.15) is 0 Å². The summed E-state index contributed by atoms with van der Waals surface area (Å²) in [7, 11) is 0. The van der Waals surface area contributed by atoms with Crippen molar-refractivity contribution in [1.29, 1.82) is 0 Å². The third-order valence-electron chi connectivity index (χ3n) is 14.1. The minimum atomic E-state index is -0.482. The maximum atomic E-state index is 2.48. The van der Waals surface area contributed by atoms with E-state index in [1.807, 2.05) is 0 Å². The Morgan fingerprint density at radius 1 is 0.258 bits per heavy atom. The van der Waals surface area contributed by atoms with Crippen molar-refractivity contribution in [3.05, 3.63) is 283 Å². The van der Waals surface area contributed by atoms with Gasteiger partial charge in [0.25, 0.3) is 0 Å². The van der Waals surface area contributed by atoms with E-state index in [0.29, 0.717) is 0 Å². The van der Waals surface area contributed by atoms with Crippen molar-refractivity contribution in [1.82, 2.24) is 0 Å². The molecule has 0 amide bonds. The molecular formula is C65H43N. The maximum Gasteiger partial charge on any atom is 0.0713 e. The summed E-state index contributed by atoms with van der Waals surface area (Å²) in [6, 6.07) is 96.5. The normalized spacial score (nSPS) is 12.7. The van der Waals surface area contributed by atoms with Gasteiger partial charge in [-0.05, 0) is 135 Å². The minimum Gasteiger partial charge on any atom is -0.310 e. The van der Waals surface area contributed by atoms with Crippen molar-refractivity contribution in [2.45, 2.75) is 5.41 Å². The van der Waals surface area contributed by atoms with Crippen molar-refractivity contribution in [2.75, 3.05) is 4.90 Å². The number of benzene rings is 12. The van der Waals surface area contributed by atoms with Crippen LogP contribution in [0.3, 0.4) is 0 Å². The molecule has 0 unspecified atom stereocenters. The van der Waals surface area contributed by atoms with Gasteiger partial charge in [-0.25, -0.2) is 0 Å². The Balaban J connectivity index is 1.11. The number of hydrogen-bond donors (Lipinski definition) is 0. The predicted molar refractivity (Wildman–Crippen MR) is 279 cm³/mol. The van der Waals surface area contributed by atoms with Crippen LogP contribution in [0.1, 0.15) is 22.3 Å². The summed E-state index contributed by atoms with van der Waals surface area (Å²) in [6.45, 7) is 0. The summed E-state index contributed by atoms with van der Waals surface area (Å²) in [5.41, 5.74) is 15.3. The van der Waals surface area contributed by atoms with Gasteiger partial charge in [0.2, 0.25) is 0 Å². The van der Waals surface area contributed by atoms with Gasteiger partial charge in [0.05, 0.1) is 5.41 Å². The van der Waals surface area contributed by atoms with Gasteiger partial charge in [0.15, 0.2) is 0 Å². The second kappa shape index (κ2) is 15.3. The molecule has 0 fully saturated rings. The Kier molecular flexibility index (Phi) is 8.82. The number of nitrogens with zero attached hydrogens (tertiary/aromatic N) is 1. The first kappa shape index (κ1) is 38.0. The highest BCUT2D eigenvalue weighted by atomic mass is 15.1. The van der Waals surface area contributed by atoms with Crippen molar-refractivity contribution < 1.29 is 0 Å². The van der Waals surface area contributed by atoms with Gasteiger partial charge >= 0.3 is 0 Å². The molecule has 13 rings (SSSR count). The lowest BCUT2D eigenvalue weighted by Gasteiger charge is -2.34. The van der Waals surface area contributed by atoms with Crippen LogP contribution in [-0.2, 0) is 5.41 Å². The van der Waals surface area contributed by atoms with E-state index < -0.39 is 5.41 Å². The largest absolute Gasteiger partial charge is 0.310 e. The van der Waals surface area contributed by atoms with Crippen LogP contribution in [0, 0.1) is 0 Å². The van der Waals surface area contributed by atoms with Gasteiger partial charge < -0.3 is 4.90 Å². The van der Waals surface area contributed by atoms with E-state index in [1.54, 1.807) is 0 Å². The highest BCUT2D eigenvalue weighted by Gasteiger charge is 2.46. The Morgan fingerprint density at radius 3 is 1.41 bits per heavy atom. The van der Waals surface area contributed by atoms with Gasteiger partial charge in [-0.3, -0.25) is 0 Å². The Labute approximate surface area is 385 Å². The average molecular weight is 838 g/mol. The zero-order valence-corrected chi connectivity index (χ0v) is 36.3. The second-order valence-corrected chi connectivity index (χ2v) is 17.5. The summed E-state index contributed by atoms with van der Waals surface area (Å²) >= 11 is 0. The summed E-state index contributed by atoms with van der Waals surface area (Å²) < 4.78 is 0. The zero-order valence-electron chi connectivity index (χ0n) is 36.3. The van der Waals surface area contributed by atoms with Crippen LogP contribution in [0.2, 0.25) is 0 Å². The molecule has 0 bridgehead atoms. The molecule has 1 nitrogen and oxygen atoms in total. The van der Waals surface area contributed by atoms with E-state index in [9.17, 15) is 0 Å². The first-order chi connectivity index (χ1) is 32.8. The molecule has 1 heteroatoms. The van der Waals surface area contributed by atoms with Gasteiger partial charge in [0, 0.05) is 17.1 Å². The van der Waals surface area contributed by atoms with Crippen LogP contribution in [0.25, 0.3) is 76.5 Å². The molecule has 1 aliphatic rings. The van der Waals surface area contributed by atoms with E-state index in [-0.39, 0.29) is 0 Å². The molecule has 0 radical (unpaired) electrons. The number of hydrogen-bond acceptors (Lipinski definition) is 1. The van der Waals surface area contributed by atoms with Crippen LogP contribution in [0.4, 0.5) is 17.1 Å². The average Bonchev–Trinajstić information content (AvgIpc) is 3.69. The van der Waals surface area contributed by atoms with Crippen LogP contribution in [0.5, 0.6) is 0 Å². The number of rotatable bonds is 7. The molecule has 66 heavy (non-hydrogen) atoms. The highest BCUT2D eigenvalue weighted by molar-refractivity contribution is 6.22. The molecular weight excluding hydrogens is 795 g/mol. The van der Waals surface area contributed by atoms with Crippen molar-refractivity contribution in [2.24, 2.45) is 0 Å². The van der Waals surface area contributed by atoms with Crippen LogP contribution < -0.4 is 4.90 Å². The fourth-order valence-corrected chi connectivity index (χ4v) is 11.3. The van der Waals surface area contributed by atoms with Gasteiger partial charge in [-0.2, -0.15) is 0 Å². The third-order valence-corrected chi connectivity index (χ3v) is 14.1. The molecule has 0 N–H and O–H groups in total. The Morgan fingerprint density at radius 2 is 0.712 bits per heavy atom. The zero-order chi connectivity index (χ0) is 43.6. The van der Waals surface area contributed by atoms with Crippen molar-refractivity contribution >= 4 is 60.2 Å². The molecule has 0 saturated carbocycles. The fourth-order valence-electron chi connectivity index (χ4n) is 11.3. The van der Waals surface area contributed by atoms with E-state index in [2.05, 4.69) is 266 Å². The quantitative estimate of drug-likeness (QED) is 0.145. The van der Waals surface area contributed by atoms with E-state index in [1.165, 1.54) is 98.7 Å². The topological polar surface area (TPSA) is 3.24 Å². The first-order valence-electron chi connectivity index (χ1n) is 22.9. The molecule has 308 valence electrons. The summed E-state index contributed by atoms with van der Waals surface area (Å²) in [5.74, 6) is 0. The highest BCUT2D eigenvalue weighted by Crippen LogP contribution is 2.57. The lowest BCUT2D eigenvalue weighted by atomic mass is 9.68. The summed E-state index contributed by atoms with van der Waals surface area (Å²) in [5, 5.41) is 9.91. The monoisotopic (exact) mass is 837 g/mol. The summed E-state index contributed by atoms with van der Waals surface area (Å²) in [6.07, 6.45) is 0. The molecule has 0 heterocycles. The fraction of sp³-hybridized carbons (Fsp3) is 0.0154. The SMILES string of the molecule is c1ccc(-c2c(-c3ccccc3)c3cc(N(c4ccc5c(c4)-c4ccccc4C5(c4ccccc4)c4ccccc4)c4ccc5c(ccc6ccccc65)c4)ccc3c3ccccc23)cc1. The lowest BCUT2D eigenvalue weighted by molar-refractivity contribution is 0.768. The van der Waals surface area contributed by atoms with Crippen LogP contribution in [0.15, 0.2) is 261 Å². The van der Waals surface area contributed by atoms with E-state index >= 15 is 0 Å². The number of anilines is 3. The van der Waals surface area contributed by atoms with Gasteiger partial charge in [-0.15, -0.1) is 0 Å². The Bertz CT molecular complexity index is 3760. The third kappa shape index (κ3) is 5.80. The molecule has 12 aromatic carbocycles. The van der Waals surface area contributed by atoms with Crippen LogP contribution in [-0.4, -0.2) is 0 Å². The number of fused-ring (bicyclic) bond motifs is 9. The molecule has 0 spiro atoms. The van der Waals surface area contributed by atoms with Crippen LogP contribution >= 0.6 is 0 Å². The standard InChI is InChI=1S/C65H43N/c1-5-20-45(21-6-1)63-58-31-16-15-29-55(58)56-39-36-51(43-60(56)64(63)46-22-7-2-8-23-46)66(50-35-38-54-47(41-50)34-33-44-19-13-14-28-53(44)54)52-37-40-62-59(42-52)57-30-17-18-32-61(57)65(62,48-24-9-3-10-25-48)49-26-11-4-12-27-49/h1-43H. The molecule has 0 saturated heterocycles. The van der Waals surface area contributed by atoms with Gasteiger partial charge in [-0.1, -0.05) is 224 Å². The lowest BCUT2D eigenvalue weighted by Crippen LogP contribution is -2.28. The van der Waals surface area contributed by atoms with E-state index in [4.69, 9.17) is 0 Å². The van der Waals surface area contributed by atoms with Crippen molar-refractivity contribution in [3.8, 4) is 33.4 Å². The molecule has 0 atom stereocenters. The molecule has 0 aromatic heterocycles. The minimum absolute atomic E-state index is 0.482. The molecule has 0 aliphatic heterocycles. The smallest absolute Gasteiger partial charge is 0.0713 e. The predicted octanol–water partition coefficient (Wildman–Crippen LogP) is 17.5. The Hall–Kier alpha value is -8.52. The maximum absolute atomic E-state index is 2.48. The molecule has 1 aliphatic carbocycles. The van der Waals surface area contributed by atoms with E-state index in [0.717, 1.165) is 17.1 Å². The molecule has 12 aromatic rings. The summed E-state index contributed by atoms with van der Waals surface area (Å²) in [4.78, 5) is 2.48.